The summed E-state index contributed by atoms with van der Waals surface area (Å²) >= 11 is 0. The highest BCUT2D eigenvalue weighted by atomic mass is 16.3. The minimum atomic E-state index is -0.814. The van der Waals surface area contributed by atoms with E-state index in [1.807, 2.05) is 6.92 Å². The standard InChI is InChI=1S/C6H10O2/c1-2-3-4-6(8)5-7/h2-3,5-6,8H,4H2,1H3. The molecule has 0 fully saturated rings. The lowest BCUT2D eigenvalue weighted by atomic mass is 10.3. The number of hydrogen-bond donors (Lipinski definition) is 1. The summed E-state index contributed by atoms with van der Waals surface area (Å²) in [4.78, 5) is 9.73. The Morgan fingerprint density at radius 3 is 2.75 bits per heavy atom. The van der Waals surface area contributed by atoms with Crippen LogP contribution in [0.25, 0.3) is 0 Å². The molecule has 0 aromatic heterocycles. The second-order valence-corrected chi connectivity index (χ2v) is 1.51. The average molecular weight is 114 g/mol. The van der Waals surface area contributed by atoms with E-state index in [9.17, 15) is 4.79 Å². The Bertz CT molecular complexity index is 86.5. The normalized spacial score (nSPS) is 14.2. The van der Waals surface area contributed by atoms with Crippen LogP contribution in [-0.4, -0.2) is 17.5 Å². The van der Waals surface area contributed by atoms with Crippen molar-refractivity contribution in [3.05, 3.63) is 12.2 Å². The van der Waals surface area contributed by atoms with Gasteiger partial charge < -0.3 is 9.90 Å². The summed E-state index contributed by atoms with van der Waals surface area (Å²) in [5.74, 6) is 0. The van der Waals surface area contributed by atoms with Gasteiger partial charge in [0.25, 0.3) is 0 Å². The van der Waals surface area contributed by atoms with Crippen molar-refractivity contribution in [1.29, 1.82) is 0 Å². The van der Waals surface area contributed by atoms with Crippen LogP contribution in [0.15, 0.2) is 12.2 Å². The molecule has 1 N–H and O–H groups in total. The number of allylic oxidation sites excluding steroid dienone is 1. The molecule has 0 aromatic carbocycles. The van der Waals surface area contributed by atoms with E-state index in [2.05, 4.69) is 0 Å². The predicted molar refractivity (Wildman–Crippen MR) is 31.5 cm³/mol. The molecule has 1 atom stereocenters. The molecule has 0 aliphatic carbocycles. The molecule has 0 aromatic rings. The molecule has 0 saturated carbocycles. The highest BCUT2D eigenvalue weighted by Crippen LogP contribution is 1.87. The third-order valence-corrected chi connectivity index (χ3v) is 0.770. The van der Waals surface area contributed by atoms with Crippen molar-refractivity contribution in [2.24, 2.45) is 0 Å². The highest BCUT2D eigenvalue weighted by Gasteiger charge is 1.93. The number of aliphatic hydroxyl groups excluding tert-OH is 1. The van der Waals surface area contributed by atoms with Crippen LogP contribution in [0.3, 0.4) is 0 Å². The van der Waals surface area contributed by atoms with E-state index in [1.54, 1.807) is 12.2 Å². The largest absolute Gasteiger partial charge is 0.385 e. The van der Waals surface area contributed by atoms with Crippen molar-refractivity contribution in [1.82, 2.24) is 0 Å². The van der Waals surface area contributed by atoms with Crippen molar-refractivity contribution in [3.63, 3.8) is 0 Å². The minimum Gasteiger partial charge on any atom is -0.385 e. The van der Waals surface area contributed by atoms with Crippen molar-refractivity contribution < 1.29 is 9.90 Å². The van der Waals surface area contributed by atoms with Crippen molar-refractivity contribution in [3.8, 4) is 0 Å². The zero-order valence-electron chi connectivity index (χ0n) is 4.87. The van der Waals surface area contributed by atoms with Gasteiger partial charge in [-0.2, -0.15) is 0 Å². The van der Waals surface area contributed by atoms with E-state index in [4.69, 9.17) is 5.11 Å². The average Bonchev–Trinajstić information content (AvgIpc) is 1.83. The molecule has 1 unspecified atom stereocenters. The molecule has 0 amide bonds. The number of aldehydes is 1. The summed E-state index contributed by atoms with van der Waals surface area (Å²) in [6.45, 7) is 1.84. The summed E-state index contributed by atoms with van der Waals surface area (Å²) in [5, 5.41) is 8.57. The SMILES string of the molecule is CC=CCC(O)C=O. The van der Waals surface area contributed by atoms with Gasteiger partial charge in [-0.3, -0.25) is 0 Å². The Morgan fingerprint density at radius 2 is 2.38 bits per heavy atom. The highest BCUT2D eigenvalue weighted by molar-refractivity contribution is 5.55. The van der Waals surface area contributed by atoms with Crippen LogP contribution in [0.5, 0.6) is 0 Å². The summed E-state index contributed by atoms with van der Waals surface area (Å²) < 4.78 is 0. The fourth-order valence-electron chi connectivity index (χ4n) is 0.331. The van der Waals surface area contributed by atoms with Gasteiger partial charge in [0.1, 0.15) is 12.4 Å². The third-order valence-electron chi connectivity index (χ3n) is 0.770. The Labute approximate surface area is 48.8 Å². The molecule has 0 aliphatic heterocycles. The summed E-state index contributed by atoms with van der Waals surface area (Å²) in [6, 6.07) is 0. The molecule has 0 saturated heterocycles. The number of aliphatic hydroxyl groups is 1. The van der Waals surface area contributed by atoms with E-state index in [0.29, 0.717) is 12.7 Å². The molecule has 0 aliphatic rings. The molecule has 2 heteroatoms. The molecule has 0 spiro atoms. The van der Waals surface area contributed by atoms with Gasteiger partial charge in [0, 0.05) is 0 Å². The first-order chi connectivity index (χ1) is 3.81. The Kier molecular flexibility index (Phi) is 4.17. The molecular weight excluding hydrogens is 104 g/mol. The Balaban J connectivity index is 3.23. The van der Waals surface area contributed by atoms with Crippen LogP contribution >= 0.6 is 0 Å². The quantitative estimate of drug-likeness (QED) is 0.429. The van der Waals surface area contributed by atoms with Gasteiger partial charge in [-0.05, 0) is 13.3 Å². The lowest BCUT2D eigenvalue weighted by Crippen LogP contribution is -2.04. The van der Waals surface area contributed by atoms with Crippen LogP contribution in [0.4, 0.5) is 0 Å². The Hall–Kier alpha value is -0.630. The van der Waals surface area contributed by atoms with Crippen molar-refractivity contribution in [2.75, 3.05) is 0 Å². The molecule has 0 bridgehead atoms. The maximum atomic E-state index is 9.73. The van der Waals surface area contributed by atoms with Gasteiger partial charge in [0.05, 0.1) is 0 Å². The zero-order chi connectivity index (χ0) is 6.41. The Morgan fingerprint density at radius 1 is 1.75 bits per heavy atom. The molecule has 0 rings (SSSR count). The van der Waals surface area contributed by atoms with Gasteiger partial charge in [0.2, 0.25) is 0 Å². The lowest BCUT2D eigenvalue weighted by Gasteiger charge is -1.92. The van der Waals surface area contributed by atoms with Crippen molar-refractivity contribution in [2.45, 2.75) is 19.4 Å². The first-order valence-corrected chi connectivity index (χ1v) is 2.55. The summed E-state index contributed by atoms with van der Waals surface area (Å²) in [7, 11) is 0. The molecule has 2 nitrogen and oxygen atoms in total. The topological polar surface area (TPSA) is 37.3 Å². The second kappa shape index (κ2) is 4.53. The number of carbonyl (C=O) groups is 1. The predicted octanol–water partition coefficient (Wildman–Crippen LogP) is 0.512. The fraction of sp³-hybridized carbons (Fsp3) is 0.500. The summed E-state index contributed by atoms with van der Waals surface area (Å²) in [5.41, 5.74) is 0. The molecule has 46 valence electrons. The molecular formula is C6H10O2. The van der Waals surface area contributed by atoms with Crippen molar-refractivity contribution >= 4 is 6.29 Å². The molecule has 8 heavy (non-hydrogen) atoms. The third kappa shape index (κ3) is 3.56. The van der Waals surface area contributed by atoms with Crippen LogP contribution in [-0.2, 0) is 4.79 Å². The molecule has 0 radical (unpaired) electrons. The van der Waals surface area contributed by atoms with Crippen LogP contribution in [0.1, 0.15) is 13.3 Å². The molecule has 0 heterocycles. The van der Waals surface area contributed by atoms with E-state index in [-0.39, 0.29) is 0 Å². The van der Waals surface area contributed by atoms with Crippen LogP contribution in [0.2, 0.25) is 0 Å². The van der Waals surface area contributed by atoms with E-state index < -0.39 is 6.10 Å². The lowest BCUT2D eigenvalue weighted by molar-refractivity contribution is -0.114. The zero-order valence-corrected chi connectivity index (χ0v) is 4.87. The van der Waals surface area contributed by atoms with E-state index >= 15 is 0 Å². The maximum absolute atomic E-state index is 9.73. The maximum Gasteiger partial charge on any atom is 0.148 e. The smallest absolute Gasteiger partial charge is 0.148 e. The van der Waals surface area contributed by atoms with Crippen LogP contribution < -0.4 is 0 Å². The number of rotatable bonds is 3. The minimum absolute atomic E-state index is 0.431. The van der Waals surface area contributed by atoms with Gasteiger partial charge in [-0.15, -0.1) is 0 Å². The first-order valence-electron chi connectivity index (χ1n) is 2.55. The number of carbonyl (C=O) groups excluding carboxylic acids is 1. The van der Waals surface area contributed by atoms with Gasteiger partial charge >= 0.3 is 0 Å². The van der Waals surface area contributed by atoms with Gasteiger partial charge in [0.15, 0.2) is 0 Å². The van der Waals surface area contributed by atoms with Gasteiger partial charge in [-0.1, -0.05) is 12.2 Å². The van der Waals surface area contributed by atoms with E-state index in [1.165, 1.54) is 0 Å². The fourth-order valence-corrected chi connectivity index (χ4v) is 0.331. The first kappa shape index (κ1) is 7.37. The van der Waals surface area contributed by atoms with Crippen LogP contribution in [0, 0.1) is 0 Å². The monoisotopic (exact) mass is 114 g/mol. The summed E-state index contributed by atoms with van der Waals surface area (Å²) in [6.07, 6.45) is 3.69. The van der Waals surface area contributed by atoms with Gasteiger partial charge in [-0.25, -0.2) is 0 Å². The second-order valence-electron chi connectivity index (χ2n) is 1.51. The number of hydrogen-bond acceptors (Lipinski definition) is 2. The van der Waals surface area contributed by atoms with E-state index in [0.717, 1.165) is 0 Å².